The molecule has 2 unspecified atom stereocenters. The summed E-state index contributed by atoms with van der Waals surface area (Å²) in [6.45, 7) is 6.85. The summed E-state index contributed by atoms with van der Waals surface area (Å²) in [7, 11) is 0. The minimum atomic E-state index is 0.526. The summed E-state index contributed by atoms with van der Waals surface area (Å²) in [4.78, 5) is 4.62. The monoisotopic (exact) mass is 294 g/mol. The molecule has 2 nitrogen and oxygen atoms in total. The van der Waals surface area contributed by atoms with Crippen LogP contribution in [0.1, 0.15) is 40.0 Å². The van der Waals surface area contributed by atoms with E-state index in [1.807, 2.05) is 6.07 Å². The van der Waals surface area contributed by atoms with E-state index in [9.17, 15) is 0 Å². The summed E-state index contributed by atoms with van der Waals surface area (Å²) in [5, 5.41) is 0. The third-order valence-electron chi connectivity index (χ3n) is 3.16. The van der Waals surface area contributed by atoms with Crippen molar-refractivity contribution in [2.75, 3.05) is 0 Å². The molecule has 0 saturated heterocycles. The topological polar surface area (TPSA) is 24.9 Å². The molecule has 0 amide bonds. The van der Waals surface area contributed by atoms with Crippen molar-refractivity contribution in [2.45, 2.75) is 50.4 Å². The SMILES string of the molecule is CCCC(C)CC(C)NSc1nc2ccccc2s1. The highest BCUT2D eigenvalue weighted by molar-refractivity contribution is 7.99. The molecule has 1 aromatic heterocycles. The van der Waals surface area contributed by atoms with E-state index in [0.717, 1.165) is 15.8 Å². The summed E-state index contributed by atoms with van der Waals surface area (Å²) < 4.78 is 5.88. The van der Waals surface area contributed by atoms with E-state index >= 15 is 0 Å². The average molecular weight is 294 g/mol. The maximum atomic E-state index is 4.62. The van der Waals surface area contributed by atoms with Crippen LogP contribution >= 0.6 is 23.3 Å². The number of benzene rings is 1. The Hall–Kier alpha value is -0.580. The van der Waals surface area contributed by atoms with Crippen molar-refractivity contribution in [1.82, 2.24) is 9.71 Å². The summed E-state index contributed by atoms with van der Waals surface area (Å²) in [6, 6.07) is 8.83. The van der Waals surface area contributed by atoms with Gasteiger partial charge in [-0.2, -0.15) is 0 Å². The number of nitrogens with one attached hydrogen (secondary N) is 1. The van der Waals surface area contributed by atoms with E-state index in [1.165, 1.54) is 24.0 Å². The molecule has 0 radical (unpaired) electrons. The van der Waals surface area contributed by atoms with E-state index in [2.05, 4.69) is 48.7 Å². The standard InChI is InChI=1S/C15H22N2S2/c1-4-7-11(2)10-12(3)17-19-15-16-13-8-5-6-9-14(13)18-15/h5-6,8-9,11-12,17H,4,7,10H2,1-3H3. The zero-order valence-corrected chi connectivity index (χ0v) is 13.5. The molecule has 0 bridgehead atoms. The maximum absolute atomic E-state index is 4.62. The van der Waals surface area contributed by atoms with Gasteiger partial charge in [0.25, 0.3) is 0 Å². The predicted octanol–water partition coefficient (Wildman–Crippen LogP) is 5.11. The van der Waals surface area contributed by atoms with Crippen LogP contribution < -0.4 is 4.72 Å². The molecule has 19 heavy (non-hydrogen) atoms. The highest BCUT2D eigenvalue weighted by Crippen LogP contribution is 2.28. The van der Waals surface area contributed by atoms with Gasteiger partial charge in [0.2, 0.25) is 0 Å². The number of nitrogens with zero attached hydrogens (tertiary/aromatic N) is 1. The second kappa shape index (κ2) is 7.27. The fraction of sp³-hybridized carbons (Fsp3) is 0.533. The molecule has 4 heteroatoms. The van der Waals surface area contributed by atoms with Crippen LogP contribution in [0.3, 0.4) is 0 Å². The Morgan fingerprint density at radius 2 is 2.11 bits per heavy atom. The Morgan fingerprint density at radius 1 is 1.32 bits per heavy atom. The van der Waals surface area contributed by atoms with E-state index in [-0.39, 0.29) is 0 Å². The lowest BCUT2D eigenvalue weighted by molar-refractivity contribution is 0.436. The van der Waals surface area contributed by atoms with Gasteiger partial charge in [-0.3, -0.25) is 4.72 Å². The number of rotatable bonds is 7. The van der Waals surface area contributed by atoms with Gasteiger partial charge in [-0.25, -0.2) is 4.98 Å². The number of fused-ring (bicyclic) bond motifs is 1. The van der Waals surface area contributed by atoms with E-state index < -0.39 is 0 Å². The molecule has 2 atom stereocenters. The highest BCUT2D eigenvalue weighted by Gasteiger charge is 2.10. The van der Waals surface area contributed by atoms with Crippen LogP contribution in [-0.2, 0) is 0 Å². The molecular weight excluding hydrogens is 272 g/mol. The fourth-order valence-electron chi connectivity index (χ4n) is 2.31. The van der Waals surface area contributed by atoms with Gasteiger partial charge >= 0.3 is 0 Å². The van der Waals surface area contributed by atoms with Crippen LogP contribution in [0.2, 0.25) is 0 Å². The smallest absolute Gasteiger partial charge is 0.166 e. The van der Waals surface area contributed by atoms with Crippen LogP contribution in [0.4, 0.5) is 0 Å². The minimum absolute atomic E-state index is 0.526. The Balaban J connectivity index is 1.84. The molecule has 2 rings (SSSR count). The van der Waals surface area contributed by atoms with Crippen molar-refractivity contribution in [1.29, 1.82) is 0 Å². The Labute approximate surface area is 124 Å². The molecule has 1 N–H and O–H groups in total. The molecular formula is C15H22N2S2. The van der Waals surface area contributed by atoms with Crippen molar-refractivity contribution in [3.05, 3.63) is 24.3 Å². The zero-order valence-electron chi connectivity index (χ0n) is 11.8. The van der Waals surface area contributed by atoms with Gasteiger partial charge in [0.1, 0.15) is 0 Å². The molecule has 0 spiro atoms. The van der Waals surface area contributed by atoms with Crippen LogP contribution in [0, 0.1) is 5.92 Å². The number of para-hydroxylation sites is 1. The van der Waals surface area contributed by atoms with Crippen LogP contribution in [0.5, 0.6) is 0 Å². The second-order valence-corrected chi connectivity index (χ2v) is 7.31. The summed E-state index contributed by atoms with van der Waals surface area (Å²) in [5.41, 5.74) is 1.10. The van der Waals surface area contributed by atoms with E-state index in [4.69, 9.17) is 0 Å². The first-order valence-corrected chi connectivity index (χ1v) is 8.60. The van der Waals surface area contributed by atoms with E-state index in [0.29, 0.717) is 6.04 Å². The fourth-order valence-corrected chi connectivity index (χ4v) is 4.13. The van der Waals surface area contributed by atoms with Gasteiger partial charge in [-0.05, 0) is 43.3 Å². The number of aromatic nitrogens is 1. The first kappa shape index (κ1) is 14.8. The third kappa shape index (κ3) is 4.48. The van der Waals surface area contributed by atoms with Crippen molar-refractivity contribution < 1.29 is 0 Å². The molecule has 0 aliphatic carbocycles. The lowest BCUT2D eigenvalue weighted by Gasteiger charge is -2.16. The first-order valence-electron chi connectivity index (χ1n) is 6.97. The molecule has 1 heterocycles. The summed E-state index contributed by atoms with van der Waals surface area (Å²) in [5.74, 6) is 0.795. The van der Waals surface area contributed by atoms with Crippen molar-refractivity contribution in [3.8, 4) is 0 Å². The molecule has 2 aromatic rings. The third-order valence-corrected chi connectivity index (χ3v) is 5.28. The summed E-state index contributed by atoms with van der Waals surface area (Å²) >= 11 is 3.43. The van der Waals surface area contributed by atoms with Crippen molar-refractivity contribution in [3.63, 3.8) is 0 Å². The van der Waals surface area contributed by atoms with Crippen molar-refractivity contribution >= 4 is 33.5 Å². The predicted molar refractivity (Wildman–Crippen MR) is 86.8 cm³/mol. The highest BCUT2D eigenvalue weighted by atomic mass is 32.2. The number of thiazole rings is 1. The normalized spacial score (nSPS) is 14.7. The van der Waals surface area contributed by atoms with Gasteiger partial charge in [0.15, 0.2) is 4.34 Å². The quantitative estimate of drug-likeness (QED) is 0.718. The first-order chi connectivity index (χ1) is 9.19. The Bertz CT molecular complexity index is 477. The largest absolute Gasteiger partial charge is 0.255 e. The molecule has 104 valence electrons. The minimum Gasteiger partial charge on any atom is -0.255 e. The zero-order chi connectivity index (χ0) is 13.7. The number of hydrogen-bond donors (Lipinski definition) is 1. The lowest BCUT2D eigenvalue weighted by Crippen LogP contribution is -2.21. The van der Waals surface area contributed by atoms with Crippen LogP contribution in [0.15, 0.2) is 28.6 Å². The van der Waals surface area contributed by atoms with Gasteiger partial charge in [0.05, 0.1) is 10.2 Å². The van der Waals surface area contributed by atoms with Crippen molar-refractivity contribution in [2.24, 2.45) is 5.92 Å². The van der Waals surface area contributed by atoms with Gasteiger partial charge < -0.3 is 0 Å². The van der Waals surface area contributed by atoms with Crippen LogP contribution in [-0.4, -0.2) is 11.0 Å². The molecule has 1 aromatic carbocycles. The Morgan fingerprint density at radius 3 is 2.84 bits per heavy atom. The second-order valence-electron chi connectivity index (χ2n) is 5.20. The van der Waals surface area contributed by atoms with Gasteiger partial charge in [0, 0.05) is 6.04 Å². The van der Waals surface area contributed by atoms with Gasteiger partial charge in [-0.1, -0.05) is 38.8 Å². The molecule has 0 fully saturated rings. The molecule has 0 aliphatic rings. The summed E-state index contributed by atoms with van der Waals surface area (Å²) in [6.07, 6.45) is 3.82. The van der Waals surface area contributed by atoms with E-state index in [1.54, 1.807) is 23.3 Å². The van der Waals surface area contributed by atoms with Crippen LogP contribution in [0.25, 0.3) is 10.2 Å². The van der Waals surface area contributed by atoms with Gasteiger partial charge in [-0.15, -0.1) is 11.3 Å². The lowest BCUT2D eigenvalue weighted by atomic mass is 9.99. The number of hydrogen-bond acceptors (Lipinski definition) is 4. The maximum Gasteiger partial charge on any atom is 0.166 e. The average Bonchev–Trinajstić information content (AvgIpc) is 2.79. The molecule has 0 aliphatic heterocycles. The molecule has 0 saturated carbocycles. The Kier molecular flexibility index (Phi) is 5.67.